The molecule has 0 saturated carbocycles. The molecule has 1 aromatic rings. The van der Waals surface area contributed by atoms with Gasteiger partial charge in [-0.3, -0.25) is 0 Å². The molecule has 1 unspecified atom stereocenters. The van der Waals surface area contributed by atoms with Gasteiger partial charge in [0, 0.05) is 11.5 Å². The van der Waals surface area contributed by atoms with Crippen molar-refractivity contribution in [1.82, 2.24) is 0 Å². The third-order valence-electron chi connectivity index (χ3n) is 1.13. The summed E-state index contributed by atoms with van der Waals surface area (Å²) in [5, 5.41) is 0. The summed E-state index contributed by atoms with van der Waals surface area (Å²) in [6.45, 7) is 1.17. The summed E-state index contributed by atoms with van der Waals surface area (Å²) in [6, 6.07) is 8.50. The number of carbonyl (C=O) groups excluding carboxylic acids is 1. The van der Waals surface area contributed by atoms with Crippen LogP contribution in [-0.4, -0.2) is 5.97 Å². The van der Waals surface area contributed by atoms with Crippen LogP contribution in [0, 0.1) is 0 Å². The van der Waals surface area contributed by atoms with Gasteiger partial charge in [0.1, 0.15) is 0 Å². The largest absolute Gasteiger partial charge is 1.00 e. The molecule has 0 heterocycles. The number of carbonyl (C=O) groups is 1. The molecule has 1 atom stereocenters. The molecule has 0 aliphatic carbocycles. The van der Waals surface area contributed by atoms with Gasteiger partial charge in [0.05, 0.1) is 0 Å². The van der Waals surface area contributed by atoms with Crippen LogP contribution in [0.3, 0.4) is 0 Å². The molecule has 0 radical (unpaired) electrons. The van der Waals surface area contributed by atoms with Crippen molar-refractivity contribution in [1.29, 1.82) is 0 Å². The Labute approximate surface area is 106 Å². The first-order chi connectivity index (χ1) is 6.18. The molecule has 0 spiro atoms. The minimum absolute atomic E-state index is 0. The Balaban J connectivity index is 0. The van der Waals surface area contributed by atoms with Crippen LogP contribution in [0.15, 0.2) is 30.3 Å². The Kier molecular flexibility index (Phi) is 6.75. The Morgan fingerprint density at radius 2 is 1.93 bits per heavy atom. The topological polar surface area (TPSA) is 52.6 Å². The molecular weight excluding hydrogens is 214 g/mol. The molecule has 0 bridgehead atoms. The minimum atomic E-state index is -2.40. The normalized spacial score (nSPS) is 9.64. The number of rotatable bonds is 3. The van der Waals surface area contributed by atoms with E-state index in [0.717, 1.165) is 0 Å². The number of benzene rings is 1. The fourth-order valence-corrected chi connectivity index (χ4v) is 1.23. The second-order valence-electron chi connectivity index (χ2n) is 2.21. The van der Waals surface area contributed by atoms with Crippen LogP contribution < -0.4 is 34.1 Å². The van der Waals surface area contributed by atoms with Crippen molar-refractivity contribution in [3.05, 3.63) is 30.3 Å². The molecule has 0 amide bonds. The van der Waals surface area contributed by atoms with Crippen molar-refractivity contribution in [3.63, 3.8) is 0 Å². The Bertz CT molecular complexity index is 320. The zero-order valence-electron chi connectivity index (χ0n) is 8.97. The smallest absolute Gasteiger partial charge is 1.00 e. The fraction of sp³-hybridized carbons (Fsp3) is 0.125. The van der Waals surface area contributed by atoms with Crippen LogP contribution in [0.2, 0.25) is 0 Å². The molecule has 0 aromatic heterocycles. The molecule has 6 heteroatoms. The molecule has 0 N–H and O–H groups in total. The first kappa shape index (κ1) is 13.6. The molecule has 4 nitrogen and oxygen atoms in total. The number of hydrogen-bond acceptors (Lipinski definition) is 4. The molecule has 14 heavy (non-hydrogen) atoms. The summed E-state index contributed by atoms with van der Waals surface area (Å²) >= 11 is 0. The Morgan fingerprint density at radius 1 is 1.36 bits per heavy atom. The van der Waals surface area contributed by atoms with Gasteiger partial charge in [-0.25, -0.2) is 9.32 Å². The zero-order valence-corrected chi connectivity index (χ0v) is 10.9. The summed E-state index contributed by atoms with van der Waals surface area (Å²) in [5.41, 5.74) is 0. The zero-order chi connectivity index (χ0) is 9.68. The van der Waals surface area contributed by atoms with E-state index in [-0.39, 0.29) is 31.0 Å². The van der Waals surface area contributed by atoms with Gasteiger partial charge in [0.2, 0.25) is 0 Å². The van der Waals surface area contributed by atoms with Crippen molar-refractivity contribution in [2.24, 2.45) is 0 Å². The van der Waals surface area contributed by atoms with Crippen LogP contribution in [0.1, 0.15) is 8.35 Å². The predicted octanol–water partition coefficient (Wildman–Crippen LogP) is -0.598. The molecule has 0 aliphatic rings. The molecule has 1 rings (SSSR count). The summed E-state index contributed by atoms with van der Waals surface area (Å²) in [5.74, 6) is -0.220. The maximum Gasteiger partial charge on any atom is 1.00 e. The summed E-state index contributed by atoms with van der Waals surface area (Å²) in [7, 11) is -2.40. The SMILES string of the molecule is CC(=O)O[P+](=O)Oc1ccccc1.[H-].[Na+]. The average Bonchev–Trinajstić information content (AvgIpc) is 2.04. The van der Waals surface area contributed by atoms with Gasteiger partial charge < -0.3 is 1.43 Å². The third-order valence-corrected chi connectivity index (χ3v) is 1.89. The quantitative estimate of drug-likeness (QED) is 0.507. The Hall–Kier alpha value is -0.410. The van der Waals surface area contributed by atoms with Crippen molar-refractivity contribution >= 4 is 14.2 Å². The fourth-order valence-electron chi connectivity index (χ4n) is 0.691. The predicted molar refractivity (Wildman–Crippen MR) is 47.6 cm³/mol. The van der Waals surface area contributed by atoms with Crippen molar-refractivity contribution in [3.8, 4) is 5.75 Å². The van der Waals surface area contributed by atoms with E-state index in [0.29, 0.717) is 5.75 Å². The van der Waals surface area contributed by atoms with Crippen LogP contribution in [-0.2, 0) is 13.9 Å². The maximum atomic E-state index is 10.9. The van der Waals surface area contributed by atoms with E-state index in [1.54, 1.807) is 30.3 Å². The van der Waals surface area contributed by atoms with Crippen LogP contribution in [0.25, 0.3) is 0 Å². The first-order valence-electron chi connectivity index (χ1n) is 3.57. The van der Waals surface area contributed by atoms with Gasteiger partial charge in [-0.2, -0.15) is 4.52 Å². The molecule has 0 aliphatic heterocycles. The molecular formula is C8H9NaO4P+. The molecule has 70 valence electrons. The van der Waals surface area contributed by atoms with E-state index in [4.69, 9.17) is 4.52 Å². The van der Waals surface area contributed by atoms with Crippen molar-refractivity contribution in [2.75, 3.05) is 0 Å². The van der Waals surface area contributed by atoms with E-state index in [1.165, 1.54) is 6.92 Å². The van der Waals surface area contributed by atoms with Crippen LogP contribution >= 0.6 is 8.25 Å². The summed E-state index contributed by atoms with van der Waals surface area (Å²) in [6.07, 6.45) is 0. The number of para-hydroxylation sites is 1. The van der Waals surface area contributed by atoms with Crippen LogP contribution in [0.4, 0.5) is 0 Å². The van der Waals surface area contributed by atoms with Gasteiger partial charge in [0.25, 0.3) is 0 Å². The average molecular weight is 223 g/mol. The molecule has 0 saturated heterocycles. The second kappa shape index (κ2) is 6.96. The molecule has 1 aromatic carbocycles. The van der Waals surface area contributed by atoms with E-state index >= 15 is 0 Å². The second-order valence-corrected chi connectivity index (χ2v) is 3.02. The standard InChI is InChI=1S/C8H8O4P.Na.H/c1-7(9)11-13(10)12-8-5-3-2-4-6-8;;/h2-6H,1H3;;/q2*+1;-1. The van der Waals surface area contributed by atoms with Gasteiger partial charge >= 0.3 is 43.8 Å². The van der Waals surface area contributed by atoms with E-state index < -0.39 is 14.2 Å². The number of hydrogen-bond donors (Lipinski definition) is 0. The monoisotopic (exact) mass is 223 g/mol. The maximum absolute atomic E-state index is 10.9. The van der Waals surface area contributed by atoms with E-state index in [9.17, 15) is 9.36 Å². The van der Waals surface area contributed by atoms with Gasteiger partial charge in [-0.05, 0) is 12.1 Å². The van der Waals surface area contributed by atoms with E-state index in [2.05, 4.69) is 4.52 Å². The van der Waals surface area contributed by atoms with Crippen molar-refractivity contribution in [2.45, 2.75) is 6.92 Å². The van der Waals surface area contributed by atoms with Crippen molar-refractivity contribution < 1.29 is 49.4 Å². The van der Waals surface area contributed by atoms with Gasteiger partial charge in [0.15, 0.2) is 5.75 Å². The summed E-state index contributed by atoms with van der Waals surface area (Å²) in [4.78, 5) is 10.4. The van der Waals surface area contributed by atoms with E-state index in [1.807, 2.05) is 0 Å². The first-order valence-corrected chi connectivity index (χ1v) is 4.67. The minimum Gasteiger partial charge on any atom is -1.00 e. The van der Waals surface area contributed by atoms with Crippen LogP contribution in [0.5, 0.6) is 5.75 Å². The van der Waals surface area contributed by atoms with Gasteiger partial charge in [-0.15, -0.1) is 0 Å². The van der Waals surface area contributed by atoms with Gasteiger partial charge in [-0.1, -0.05) is 18.2 Å². The third kappa shape index (κ3) is 5.35. The Morgan fingerprint density at radius 3 is 2.43 bits per heavy atom. The molecule has 0 fully saturated rings. The summed E-state index contributed by atoms with van der Waals surface area (Å²) < 4.78 is 20.0.